The predicted molar refractivity (Wildman–Crippen MR) is 72.3 cm³/mol. The Kier molecular flexibility index (Phi) is 3.84. The smallest absolute Gasteiger partial charge is 0.267 e. The molecule has 6 nitrogen and oxygen atoms in total. The highest BCUT2D eigenvalue weighted by atomic mass is 32.2. The van der Waals surface area contributed by atoms with Gasteiger partial charge in [0.25, 0.3) is 10.0 Å². The molecule has 0 aliphatic carbocycles. The topological polar surface area (TPSA) is 68.1 Å². The zero-order valence-electron chi connectivity index (χ0n) is 10.9. The van der Waals surface area contributed by atoms with Crippen molar-refractivity contribution in [3.8, 4) is 0 Å². The fourth-order valence-corrected chi connectivity index (χ4v) is 3.21. The maximum atomic E-state index is 12.5. The zero-order chi connectivity index (χ0) is 13.9. The summed E-state index contributed by atoms with van der Waals surface area (Å²) >= 11 is 0. The largest absolute Gasteiger partial charge is 0.272 e. The van der Waals surface area contributed by atoms with Gasteiger partial charge in [-0.1, -0.05) is 0 Å². The maximum absolute atomic E-state index is 12.5. The number of hydrogen-bond donors (Lipinski definition) is 0. The van der Waals surface area contributed by atoms with E-state index in [1.54, 1.807) is 42.3 Å². The molecule has 7 heteroatoms. The highest BCUT2D eigenvalue weighted by Gasteiger charge is 2.24. The number of hydrogen-bond acceptors (Lipinski definition) is 4. The average molecular weight is 280 g/mol. The van der Waals surface area contributed by atoms with Crippen LogP contribution in [0.15, 0.2) is 41.8 Å². The number of nitrogens with zero attached hydrogens (tertiary/aromatic N) is 4. The highest BCUT2D eigenvalue weighted by Crippen LogP contribution is 2.22. The van der Waals surface area contributed by atoms with Crippen molar-refractivity contribution < 1.29 is 8.42 Å². The molecule has 2 aromatic heterocycles. The Labute approximate surface area is 112 Å². The van der Waals surface area contributed by atoms with Crippen LogP contribution in [0.3, 0.4) is 0 Å². The molecule has 0 radical (unpaired) electrons. The molecule has 2 aromatic rings. The first-order valence-electron chi connectivity index (χ1n) is 6.04. The van der Waals surface area contributed by atoms with Gasteiger partial charge in [-0.2, -0.15) is 5.10 Å². The summed E-state index contributed by atoms with van der Waals surface area (Å²) in [6, 6.07) is 3.34. The Bertz CT molecular complexity index is 637. The lowest BCUT2D eigenvalue weighted by Gasteiger charge is -2.21. The van der Waals surface area contributed by atoms with Crippen molar-refractivity contribution >= 4 is 15.7 Å². The van der Waals surface area contributed by atoms with E-state index in [0.717, 1.165) is 0 Å². The molecular formula is C12H16N4O2S. The average Bonchev–Trinajstić information content (AvgIpc) is 2.90. The van der Waals surface area contributed by atoms with E-state index >= 15 is 0 Å². The molecule has 0 unspecified atom stereocenters. The first-order chi connectivity index (χ1) is 9.09. The molecule has 0 saturated heterocycles. The molecule has 0 aliphatic rings. The Balaban J connectivity index is 2.42. The van der Waals surface area contributed by atoms with Crippen molar-refractivity contribution in [1.82, 2.24) is 14.8 Å². The molecule has 0 amide bonds. The quantitative estimate of drug-likeness (QED) is 0.832. The second kappa shape index (κ2) is 5.40. The maximum Gasteiger partial charge on any atom is 0.267 e. The van der Waals surface area contributed by atoms with E-state index in [2.05, 4.69) is 10.1 Å². The van der Waals surface area contributed by atoms with Gasteiger partial charge in [-0.15, -0.1) is 0 Å². The zero-order valence-corrected chi connectivity index (χ0v) is 11.7. The summed E-state index contributed by atoms with van der Waals surface area (Å²) in [7, 11) is -3.57. The van der Waals surface area contributed by atoms with E-state index in [9.17, 15) is 8.42 Å². The van der Waals surface area contributed by atoms with Crippen LogP contribution in [0.25, 0.3) is 0 Å². The van der Waals surface area contributed by atoms with Crippen LogP contribution in [0.1, 0.15) is 13.8 Å². The van der Waals surface area contributed by atoms with Crippen molar-refractivity contribution in [2.75, 3.05) is 10.8 Å². The van der Waals surface area contributed by atoms with Crippen molar-refractivity contribution in [1.29, 1.82) is 0 Å². The molecule has 2 heterocycles. The fourth-order valence-electron chi connectivity index (χ4n) is 1.78. The van der Waals surface area contributed by atoms with E-state index in [4.69, 9.17) is 0 Å². The summed E-state index contributed by atoms with van der Waals surface area (Å²) in [5.74, 6) is 0. The van der Waals surface area contributed by atoms with E-state index in [-0.39, 0.29) is 4.90 Å². The van der Waals surface area contributed by atoms with Gasteiger partial charge >= 0.3 is 0 Å². The van der Waals surface area contributed by atoms with Crippen LogP contribution in [-0.2, 0) is 16.6 Å². The third-order valence-corrected chi connectivity index (χ3v) is 4.62. The van der Waals surface area contributed by atoms with E-state index in [1.165, 1.54) is 10.5 Å². The van der Waals surface area contributed by atoms with E-state index in [1.807, 2.05) is 6.92 Å². The molecule has 2 rings (SSSR count). The molecule has 19 heavy (non-hydrogen) atoms. The van der Waals surface area contributed by atoms with E-state index in [0.29, 0.717) is 18.8 Å². The highest BCUT2D eigenvalue weighted by molar-refractivity contribution is 7.92. The molecule has 0 N–H and O–H groups in total. The number of aromatic nitrogens is 3. The van der Waals surface area contributed by atoms with Gasteiger partial charge in [-0.25, -0.2) is 8.42 Å². The monoisotopic (exact) mass is 280 g/mol. The molecule has 0 spiro atoms. The second-order valence-electron chi connectivity index (χ2n) is 3.91. The standard InChI is InChI=1S/C12H16N4O2S/c1-3-15-10-12(9-14-15)19(17,18)16(4-2)11-5-7-13-8-6-11/h5-10H,3-4H2,1-2H3. The van der Waals surface area contributed by atoms with Crippen LogP contribution in [-0.4, -0.2) is 29.7 Å². The van der Waals surface area contributed by atoms with Gasteiger partial charge in [0.2, 0.25) is 0 Å². The third kappa shape index (κ3) is 2.60. The number of pyridine rings is 1. The van der Waals surface area contributed by atoms with Gasteiger partial charge in [-0.3, -0.25) is 14.0 Å². The summed E-state index contributed by atoms with van der Waals surface area (Å²) in [6.45, 7) is 4.69. The van der Waals surface area contributed by atoms with Crippen molar-refractivity contribution in [3.05, 3.63) is 36.9 Å². The lowest BCUT2D eigenvalue weighted by Crippen LogP contribution is -2.30. The van der Waals surface area contributed by atoms with Gasteiger partial charge in [0, 0.05) is 31.7 Å². The van der Waals surface area contributed by atoms with Gasteiger partial charge in [0.1, 0.15) is 4.90 Å². The van der Waals surface area contributed by atoms with Gasteiger partial charge < -0.3 is 0 Å². The van der Waals surface area contributed by atoms with Crippen LogP contribution in [0, 0.1) is 0 Å². The van der Waals surface area contributed by atoms with E-state index < -0.39 is 10.0 Å². The minimum absolute atomic E-state index is 0.202. The van der Waals surface area contributed by atoms with Crippen molar-refractivity contribution in [3.63, 3.8) is 0 Å². The molecule has 0 saturated carbocycles. The molecular weight excluding hydrogens is 264 g/mol. The Morgan fingerprint density at radius 1 is 1.26 bits per heavy atom. The lowest BCUT2D eigenvalue weighted by atomic mass is 10.4. The summed E-state index contributed by atoms with van der Waals surface area (Å²) in [5.41, 5.74) is 0.599. The van der Waals surface area contributed by atoms with Gasteiger partial charge in [0.05, 0.1) is 11.9 Å². The molecule has 0 aromatic carbocycles. The number of anilines is 1. The van der Waals surface area contributed by atoms with Gasteiger partial charge in [0.15, 0.2) is 0 Å². The van der Waals surface area contributed by atoms with Crippen molar-refractivity contribution in [2.45, 2.75) is 25.3 Å². The summed E-state index contributed by atoms with van der Waals surface area (Å²) in [5, 5.41) is 4.01. The normalized spacial score (nSPS) is 11.5. The Morgan fingerprint density at radius 2 is 1.95 bits per heavy atom. The first-order valence-corrected chi connectivity index (χ1v) is 7.48. The molecule has 102 valence electrons. The number of aryl methyl sites for hydroxylation is 1. The van der Waals surface area contributed by atoms with Crippen LogP contribution in [0.2, 0.25) is 0 Å². The summed E-state index contributed by atoms with van der Waals surface area (Å²) < 4.78 is 28.0. The second-order valence-corrected chi connectivity index (χ2v) is 5.77. The molecule has 0 atom stereocenters. The van der Waals surface area contributed by atoms with Crippen LogP contribution in [0.5, 0.6) is 0 Å². The van der Waals surface area contributed by atoms with Crippen molar-refractivity contribution in [2.24, 2.45) is 0 Å². The minimum atomic E-state index is -3.57. The first kappa shape index (κ1) is 13.5. The molecule has 0 fully saturated rings. The predicted octanol–water partition coefficient (Wildman–Crippen LogP) is 1.51. The third-order valence-electron chi connectivity index (χ3n) is 2.76. The Hall–Kier alpha value is -1.89. The fraction of sp³-hybridized carbons (Fsp3) is 0.333. The van der Waals surface area contributed by atoms with Gasteiger partial charge in [-0.05, 0) is 26.0 Å². The SMILES string of the molecule is CCN(c1ccncc1)S(=O)(=O)c1cnn(CC)c1. The molecule has 0 bridgehead atoms. The lowest BCUT2D eigenvalue weighted by molar-refractivity contribution is 0.591. The Morgan fingerprint density at radius 3 is 2.47 bits per heavy atom. The molecule has 0 aliphatic heterocycles. The summed E-state index contributed by atoms with van der Waals surface area (Å²) in [4.78, 5) is 4.10. The minimum Gasteiger partial charge on any atom is -0.272 e. The van der Waals surface area contributed by atoms with Crippen LogP contribution < -0.4 is 4.31 Å². The number of rotatable bonds is 5. The number of sulfonamides is 1. The van der Waals surface area contributed by atoms with Crippen LogP contribution in [0.4, 0.5) is 5.69 Å². The van der Waals surface area contributed by atoms with Crippen LogP contribution >= 0.6 is 0 Å². The summed E-state index contributed by atoms with van der Waals surface area (Å²) in [6.07, 6.45) is 6.06.